The summed E-state index contributed by atoms with van der Waals surface area (Å²) in [5.41, 5.74) is 0.971. The second kappa shape index (κ2) is 4.28. The van der Waals surface area contributed by atoms with Crippen LogP contribution in [0.25, 0.3) is 0 Å². The maximum atomic E-state index is 12.0. The van der Waals surface area contributed by atoms with E-state index in [9.17, 15) is 4.79 Å². The van der Waals surface area contributed by atoms with Gasteiger partial charge in [0.25, 0.3) is 5.91 Å². The first kappa shape index (κ1) is 10.6. The van der Waals surface area contributed by atoms with Gasteiger partial charge >= 0.3 is 0 Å². The number of thiazole rings is 1. The molecular formula is C10H15N3OS. The summed E-state index contributed by atoms with van der Waals surface area (Å²) in [5.74, 6) is 0.0812. The lowest BCUT2D eigenvalue weighted by Gasteiger charge is -2.26. The number of aryl methyl sites for hydroxylation is 2. The standard InChI is InChI=1S/C10H15N3OS/c1-7-8(2)15-9(12-7)10(14)13-5-3-11-4-6-13/h11H,3-6H2,1-2H3. The lowest BCUT2D eigenvalue weighted by Crippen LogP contribution is -2.46. The molecule has 1 aromatic rings. The van der Waals surface area contributed by atoms with Gasteiger partial charge in [0, 0.05) is 31.1 Å². The molecule has 1 aromatic heterocycles. The van der Waals surface area contributed by atoms with Gasteiger partial charge in [0.15, 0.2) is 5.01 Å². The maximum absolute atomic E-state index is 12.0. The SMILES string of the molecule is Cc1nc(C(=O)N2CCNCC2)sc1C. The van der Waals surface area contributed by atoms with Crippen molar-refractivity contribution in [1.82, 2.24) is 15.2 Å². The van der Waals surface area contributed by atoms with Gasteiger partial charge < -0.3 is 10.2 Å². The van der Waals surface area contributed by atoms with Crippen LogP contribution in [0.15, 0.2) is 0 Å². The van der Waals surface area contributed by atoms with Crippen molar-refractivity contribution in [3.8, 4) is 0 Å². The number of amides is 1. The molecule has 1 saturated heterocycles. The highest BCUT2D eigenvalue weighted by Crippen LogP contribution is 2.18. The maximum Gasteiger partial charge on any atom is 0.282 e. The van der Waals surface area contributed by atoms with Crippen LogP contribution in [-0.2, 0) is 0 Å². The summed E-state index contributed by atoms with van der Waals surface area (Å²) in [6, 6.07) is 0. The van der Waals surface area contributed by atoms with Crippen LogP contribution in [0.2, 0.25) is 0 Å². The molecule has 0 atom stereocenters. The van der Waals surface area contributed by atoms with Crippen LogP contribution in [0.1, 0.15) is 20.4 Å². The number of rotatable bonds is 1. The Kier molecular flexibility index (Phi) is 3.02. The molecule has 1 N–H and O–H groups in total. The van der Waals surface area contributed by atoms with E-state index in [1.54, 1.807) is 0 Å². The van der Waals surface area contributed by atoms with Crippen LogP contribution < -0.4 is 5.32 Å². The smallest absolute Gasteiger partial charge is 0.282 e. The van der Waals surface area contributed by atoms with Gasteiger partial charge in [0.2, 0.25) is 0 Å². The van der Waals surface area contributed by atoms with Gasteiger partial charge in [-0.05, 0) is 13.8 Å². The Morgan fingerprint density at radius 3 is 2.60 bits per heavy atom. The van der Waals surface area contributed by atoms with Crippen LogP contribution in [0, 0.1) is 13.8 Å². The minimum absolute atomic E-state index is 0.0812. The van der Waals surface area contributed by atoms with Crippen LogP contribution in [0.5, 0.6) is 0 Å². The molecule has 1 fully saturated rings. The summed E-state index contributed by atoms with van der Waals surface area (Å²) in [6.07, 6.45) is 0. The van der Waals surface area contributed by atoms with E-state index in [1.807, 2.05) is 18.7 Å². The zero-order valence-electron chi connectivity index (χ0n) is 9.04. The molecule has 1 amide bonds. The summed E-state index contributed by atoms with van der Waals surface area (Å²) >= 11 is 1.49. The molecular weight excluding hydrogens is 210 g/mol. The minimum Gasteiger partial charge on any atom is -0.334 e. The average molecular weight is 225 g/mol. The molecule has 0 saturated carbocycles. The molecule has 15 heavy (non-hydrogen) atoms. The topological polar surface area (TPSA) is 45.2 Å². The molecule has 1 aliphatic rings. The summed E-state index contributed by atoms with van der Waals surface area (Å²) in [6.45, 7) is 7.29. The van der Waals surface area contributed by atoms with E-state index >= 15 is 0 Å². The Balaban J connectivity index is 2.12. The van der Waals surface area contributed by atoms with Crippen LogP contribution in [-0.4, -0.2) is 42.0 Å². The van der Waals surface area contributed by atoms with Crippen molar-refractivity contribution in [3.05, 3.63) is 15.6 Å². The van der Waals surface area contributed by atoms with Gasteiger partial charge in [-0.15, -0.1) is 11.3 Å². The fourth-order valence-electron chi connectivity index (χ4n) is 1.57. The minimum atomic E-state index is 0.0812. The average Bonchev–Trinajstić information content (AvgIpc) is 2.59. The Hall–Kier alpha value is -0.940. The van der Waals surface area contributed by atoms with Gasteiger partial charge in [-0.1, -0.05) is 0 Å². The van der Waals surface area contributed by atoms with Gasteiger partial charge in [-0.2, -0.15) is 0 Å². The second-order valence-electron chi connectivity index (χ2n) is 3.70. The third-order valence-corrected chi connectivity index (χ3v) is 3.68. The highest BCUT2D eigenvalue weighted by molar-refractivity contribution is 7.13. The summed E-state index contributed by atoms with van der Waals surface area (Å²) in [4.78, 5) is 19.3. The van der Waals surface area contributed by atoms with Gasteiger partial charge in [-0.25, -0.2) is 4.98 Å². The first-order valence-electron chi connectivity index (χ1n) is 5.12. The second-order valence-corrected chi connectivity index (χ2v) is 4.91. The molecule has 2 rings (SSSR count). The number of nitrogens with one attached hydrogen (secondary N) is 1. The summed E-state index contributed by atoms with van der Waals surface area (Å²) < 4.78 is 0. The molecule has 82 valence electrons. The van der Waals surface area contributed by atoms with Crippen molar-refractivity contribution in [3.63, 3.8) is 0 Å². The van der Waals surface area contributed by atoms with Crippen molar-refractivity contribution in [2.75, 3.05) is 26.2 Å². The van der Waals surface area contributed by atoms with Crippen LogP contribution in [0.4, 0.5) is 0 Å². The van der Waals surface area contributed by atoms with Crippen molar-refractivity contribution in [2.24, 2.45) is 0 Å². The lowest BCUT2D eigenvalue weighted by atomic mass is 10.3. The van der Waals surface area contributed by atoms with Gasteiger partial charge in [0.05, 0.1) is 5.69 Å². The lowest BCUT2D eigenvalue weighted by molar-refractivity contribution is 0.0735. The van der Waals surface area contributed by atoms with Crippen LogP contribution >= 0.6 is 11.3 Å². The Labute approximate surface area is 93.3 Å². The third-order valence-electron chi connectivity index (χ3n) is 2.62. The number of piperazine rings is 1. The zero-order chi connectivity index (χ0) is 10.8. The molecule has 0 radical (unpaired) electrons. The highest BCUT2D eigenvalue weighted by atomic mass is 32.1. The van der Waals surface area contributed by atoms with E-state index in [1.165, 1.54) is 11.3 Å². The number of aromatic nitrogens is 1. The Morgan fingerprint density at radius 1 is 1.40 bits per heavy atom. The van der Waals surface area contributed by atoms with E-state index in [0.29, 0.717) is 5.01 Å². The first-order valence-corrected chi connectivity index (χ1v) is 5.94. The zero-order valence-corrected chi connectivity index (χ0v) is 9.86. The fourth-order valence-corrected chi connectivity index (χ4v) is 2.45. The molecule has 1 aliphatic heterocycles. The largest absolute Gasteiger partial charge is 0.334 e. The van der Waals surface area contributed by atoms with Crippen molar-refractivity contribution >= 4 is 17.2 Å². The van der Waals surface area contributed by atoms with Crippen LogP contribution in [0.3, 0.4) is 0 Å². The first-order chi connectivity index (χ1) is 7.18. The van der Waals surface area contributed by atoms with E-state index in [4.69, 9.17) is 0 Å². The van der Waals surface area contributed by atoms with Crippen molar-refractivity contribution in [2.45, 2.75) is 13.8 Å². The summed E-state index contributed by atoms with van der Waals surface area (Å²) in [7, 11) is 0. The predicted molar refractivity (Wildman–Crippen MR) is 60.4 cm³/mol. The molecule has 0 bridgehead atoms. The van der Waals surface area contributed by atoms with Gasteiger partial charge in [-0.3, -0.25) is 4.79 Å². The predicted octanol–water partition coefficient (Wildman–Crippen LogP) is 0.805. The molecule has 5 heteroatoms. The molecule has 0 aliphatic carbocycles. The Morgan fingerprint density at radius 2 is 2.07 bits per heavy atom. The van der Waals surface area contributed by atoms with Crippen molar-refractivity contribution < 1.29 is 4.79 Å². The Bertz CT molecular complexity index is 349. The molecule has 4 nitrogen and oxygen atoms in total. The molecule has 0 aromatic carbocycles. The van der Waals surface area contributed by atoms with Crippen molar-refractivity contribution in [1.29, 1.82) is 0 Å². The molecule has 2 heterocycles. The number of nitrogens with zero attached hydrogens (tertiary/aromatic N) is 2. The van der Waals surface area contributed by atoms with Gasteiger partial charge in [0.1, 0.15) is 0 Å². The van der Waals surface area contributed by atoms with E-state index in [0.717, 1.165) is 36.8 Å². The number of carbonyl (C=O) groups excluding carboxylic acids is 1. The molecule has 0 spiro atoms. The normalized spacial score (nSPS) is 16.8. The van der Waals surface area contributed by atoms with E-state index in [-0.39, 0.29) is 5.91 Å². The number of hydrogen-bond donors (Lipinski definition) is 1. The number of carbonyl (C=O) groups is 1. The fraction of sp³-hybridized carbons (Fsp3) is 0.600. The van der Waals surface area contributed by atoms with E-state index in [2.05, 4.69) is 10.3 Å². The monoisotopic (exact) mass is 225 g/mol. The third kappa shape index (κ3) is 2.18. The quantitative estimate of drug-likeness (QED) is 0.769. The molecule has 0 unspecified atom stereocenters. The van der Waals surface area contributed by atoms with E-state index < -0.39 is 0 Å². The highest BCUT2D eigenvalue weighted by Gasteiger charge is 2.21. The summed E-state index contributed by atoms with van der Waals surface area (Å²) in [5, 5.41) is 3.86. The number of hydrogen-bond acceptors (Lipinski definition) is 4.